The lowest BCUT2D eigenvalue weighted by Gasteiger charge is -2.27. The molecule has 0 radical (unpaired) electrons. The zero-order valence-corrected chi connectivity index (χ0v) is 18.3. The number of amides is 1. The molecule has 2 aromatic carbocycles. The average Bonchev–Trinajstić information content (AvgIpc) is 3.26. The number of anilines is 2. The number of carbonyl (C=O) groups is 1. The molecule has 0 spiro atoms. The lowest BCUT2D eigenvalue weighted by Crippen LogP contribution is -2.42. The van der Waals surface area contributed by atoms with Gasteiger partial charge >= 0.3 is 18.4 Å². The predicted octanol–water partition coefficient (Wildman–Crippen LogP) is 4.74. The van der Waals surface area contributed by atoms with Crippen molar-refractivity contribution in [2.45, 2.75) is 24.7 Å². The third-order valence-corrected chi connectivity index (χ3v) is 5.21. The van der Waals surface area contributed by atoms with Crippen LogP contribution in [0.4, 0.5) is 42.5 Å². The van der Waals surface area contributed by atoms with E-state index in [1.54, 1.807) is 0 Å². The number of hydrogen-bond acceptors (Lipinski definition) is 6. The maximum absolute atomic E-state index is 13.7. The molecule has 0 aromatic heterocycles. The summed E-state index contributed by atoms with van der Waals surface area (Å²) in [6.07, 6.45) is -15.2. The number of benzene rings is 2. The monoisotopic (exact) mass is 514 g/mol. The minimum Gasteiger partial charge on any atom is -0.489 e. The number of ether oxygens (including phenoxy) is 2. The summed E-state index contributed by atoms with van der Waals surface area (Å²) in [5.74, 6) is -0.0674. The van der Waals surface area contributed by atoms with Gasteiger partial charge in [0.25, 0.3) is 0 Å². The highest BCUT2D eigenvalue weighted by molar-refractivity contribution is 5.88. The van der Waals surface area contributed by atoms with Gasteiger partial charge < -0.3 is 19.5 Å². The summed E-state index contributed by atoms with van der Waals surface area (Å²) < 4.78 is 91.5. The van der Waals surface area contributed by atoms with Crippen molar-refractivity contribution in [2.24, 2.45) is 0 Å². The van der Waals surface area contributed by atoms with Crippen LogP contribution in [0.15, 0.2) is 36.4 Å². The predicted molar refractivity (Wildman–Crippen MR) is 111 cm³/mol. The van der Waals surface area contributed by atoms with Gasteiger partial charge in [0.05, 0.1) is 41.1 Å². The largest absolute Gasteiger partial charge is 0.489 e. The lowest BCUT2D eigenvalue weighted by molar-refractivity contribution is -0.215. The van der Waals surface area contributed by atoms with Gasteiger partial charge in [-0.3, -0.25) is 4.90 Å². The third-order valence-electron chi connectivity index (χ3n) is 5.21. The smallest absolute Gasteiger partial charge is 0.433 e. The Morgan fingerprint density at radius 1 is 1.17 bits per heavy atom. The first-order valence-electron chi connectivity index (χ1n) is 10.00. The van der Waals surface area contributed by atoms with Crippen LogP contribution >= 0.6 is 0 Å². The van der Waals surface area contributed by atoms with Crippen molar-refractivity contribution in [1.29, 1.82) is 10.5 Å². The Kier molecular flexibility index (Phi) is 7.22. The van der Waals surface area contributed by atoms with E-state index in [2.05, 4.69) is 0 Å². The molecule has 8 nitrogen and oxygen atoms in total. The zero-order chi connectivity index (χ0) is 26.8. The minimum atomic E-state index is -4.98. The summed E-state index contributed by atoms with van der Waals surface area (Å²) in [7, 11) is 1.17. The number of carboxylic acid groups (broad SMARTS) is 1. The van der Waals surface area contributed by atoms with Crippen LogP contribution in [0.1, 0.15) is 16.7 Å². The van der Waals surface area contributed by atoms with Crippen LogP contribution in [0.3, 0.4) is 0 Å². The second-order valence-corrected chi connectivity index (χ2v) is 7.59. The van der Waals surface area contributed by atoms with E-state index in [4.69, 9.17) is 20.0 Å². The zero-order valence-electron chi connectivity index (χ0n) is 18.3. The fraction of sp³-hybridized carbons (Fsp3) is 0.318. The Labute approximate surface area is 200 Å². The normalized spacial score (nSPS) is 17.9. The van der Waals surface area contributed by atoms with E-state index in [9.17, 15) is 36.2 Å². The van der Waals surface area contributed by atoms with Crippen molar-refractivity contribution in [3.8, 4) is 17.9 Å². The summed E-state index contributed by atoms with van der Waals surface area (Å²) in [6.45, 7) is -1.04. The molecule has 1 fully saturated rings. The fourth-order valence-electron chi connectivity index (χ4n) is 3.50. The van der Waals surface area contributed by atoms with E-state index in [1.165, 1.54) is 31.3 Å². The Morgan fingerprint density at radius 3 is 2.42 bits per heavy atom. The Bertz CT molecular complexity index is 1240. The molecule has 190 valence electrons. The Morgan fingerprint density at radius 2 is 1.86 bits per heavy atom. The quantitative estimate of drug-likeness (QED) is 0.575. The van der Waals surface area contributed by atoms with Gasteiger partial charge in [0.15, 0.2) is 0 Å². The molecule has 0 bridgehead atoms. The van der Waals surface area contributed by atoms with Gasteiger partial charge in [0.1, 0.15) is 18.5 Å². The van der Waals surface area contributed by atoms with E-state index in [1.807, 2.05) is 6.07 Å². The van der Waals surface area contributed by atoms with Crippen LogP contribution in [0.25, 0.3) is 0 Å². The summed E-state index contributed by atoms with van der Waals surface area (Å²) in [5.41, 5.74) is -2.54. The molecule has 2 atom stereocenters. The average molecular weight is 514 g/mol. The molecule has 2 aromatic rings. The van der Waals surface area contributed by atoms with E-state index < -0.39 is 60.7 Å². The van der Waals surface area contributed by atoms with Crippen molar-refractivity contribution >= 4 is 17.5 Å². The molecule has 1 heterocycles. The number of hydrogen-bond donors (Lipinski definition) is 1. The maximum atomic E-state index is 13.7. The van der Waals surface area contributed by atoms with Gasteiger partial charge in [-0.15, -0.1) is 0 Å². The first-order chi connectivity index (χ1) is 16.8. The molecule has 0 aliphatic carbocycles. The number of nitrogens with zero attached hydrogens (tertiary/aromatic N) is 4. The van der Waals surface area contributed by atoms with E-state index in [0.717, 1.165) is 17.0 Å². The van der Waals surface area contributed by atoms with Crippen molar-refractivity contribution in [3.63, 3.8) is 0 Å². The number of nitriles is 2. The number of alkyl halides is 6. The van der Waals surface area contributed by atoms with E-state index in [0.29, 0.717) is 11.0 Å². The molecule has 1 aliphatic rings. The maximum Gasteiger partial charge on any atom is 0.433 e. The van der Waals surface area contributed by atoms with Crippen LogP contribution in [0.2, 0.25) is 0 Å². The molecular weight excluding hydrogens is 498 g/mol. The van der Waals surface area contributed by atoms with E-state index >= 15 is 0 Å². The summed E-state index contributed by atoms with van der Waals surface area (Å²) in [6, 6.07) is 9.15. The van der Waals surface area contributed by atoms with Gasteiger partial charge in [-0.2, -0.15) is 36.9 Å². The van der Waals surface area contributed by atoms with Gasteiger partial charge in [-0.25, -0.2) is 4.79 Å². The minimum absolute atomic E-state index is 0.0503. The molecule has 1 N–H and O–H groups in total. The highest BCUT2D eigenvalue weighted by Gasteiger charge is 2.51. The van der Waals surface area contributed by atoms with Gasteiger partial charge in [0.2, 0.25) is 6.23 Å². The topological polar surface area (TPSA) is 110 Å². The summed E-state index contributed by atoms with van der Waals surface area (Å²) in [5, 5.41) is 27.2. The molecule has 1 amide bonds. The van der Waals surface area contributed by atoms with E-state index in [-0.39, 0.29) is 17.0 Å². The SMILES string of the molecule is CN(C(=O)O)c1cc(C#N)ccc1OC[C@@H]1CN(c2ccc(C#N)c(C(F)(F)F)c2)[C@@H](C(F)(F)F)O1. The molecule has 36 heavy (non-hydrogen) atoms. The molecule has 1 aliphatic heterocycles. The molecular formula is C22H16F6N4O4. The standard InChI is InChI=1S/C22H16F6N4O4/c1-31(20(33)34)17-6-12(8-29)2-5-18(17)35-11-15-10-32(19(36-15)22(26,27)28)14-4-3-13(9-30)16(7-14)21(23,24)25/h2-7,15,19H,10-11H2,1H3,(H,33,34)/t15-,19+/m0/s1. The van der Waals surface area contributed by atoms with Crippen molar-refractivity contribution in [2.75, 3.05) is 30.0 Å². The highest BCUT2D eigenvalue weighted by atomic mass is 19.4. The molecule has 0 saturated carbocycles. The van der Waals surface area contributed by atoms with Gasteiger partial charge in [-0.05, 0) is 36.4 Å². The van der Waals surface area contributed by atoms with Crippen LogP contribution in [-0.4, -0.2) is 49.9 Å². The summed E-state index contributed by atoms with van der Waals surface area (Å²) in [4.78, 5) is 12.7. The van der Waals surface area contributed by atoms with Crippen LogP contribution < -0.4 is 14.5 Å². The van der Waals surface area contributed by atoms with Crippen LogP contribution in [0, 0.1) is 22.7 Å². The number of halogens is 6. The Balaban J connectivity index is 1.88. The van der Waals surface area contributed by atoms with Crippen molar-refractivity contribution in [1.82, 2.24) is 0 Å². The van der Waals surface area contributed by atoms with Crippen molar-refractivity contribution < 1.29 is 45.7 Å². The van der Waals surface area contributed by atoms with Crippen LogP contribution in [-0.2, 0) is 10.9 Å². The first-order valence-corrected chi connectivity index (χ1v) is 10.00. The second kappa shape index (κ2) is 9.83. The lowest BCUT2D eigenvalue weighted by atomic mass is 10.1. The van der Waals surface area contributed by atoms with Crippen LogP contribution in [0.5, 0.6) is 5.75 Å². The Hall–Kier alpha value is -4.17. The molecule has 1 saturated heterocycles. The van der Waals surface area contributed by atoms with Gasteiger partial charge in [-0.1, -0.05) is 0 Å². The molecule has 3 rings (SSSR count). The van der Waals surface area contributed by atoms with Crippen molar-refractivity contribution in [3.05, 3.63) is 53.1 Å². The molecule has 14 heteroatoms. The summed E-state index contributed by atoms with van der Waals surface area (Å²) >= 11 is 0. The fourth-order valence-corrected chi connectivity index (χ4v) is 3.50. The molecule has 0 unspecified atom stereocenters. The number of rotatable bonds is 5. The van der Waals surface area contributed by atoms with Gasteiger partial charge in [0, 0.05) is 12.7 Å². The third kappa shape index (κ3) is 5.55. The second-order valence-electron chi connectivity index (χ2n) is 7.59. The highest BCUT2D eigenvalue weighted by Crippen LogP contribution is 2.39. The first kappa shape index (κ1) is 26.4.